The molecule has 0 aromatic rings. The minimum atomic E-state index is -3.22. The standard InChI is InChI=1S/C13H20N2O5S/c1-21(19,20)15-6-2-5-14-12(16)10-8-3-4-9(7-8)11(10)13(17)18/h3-4,8-11,15H,2,5-7H2,1H3,(H,14,16)(H,17,18). The van der Waals surface area contributed by atoms with Crippen molar-refractivity contribution < 1.29 is 23.1 Å². The Balaban J connectivity index is 1.81. The van der Waals surface area contributed by atoms with Crippen LogP contribution in [0.25, 0.3) is 0 Å². The van der Waals surface area contributed by atoms with E-state index in [0.717, 1.165) is 12.7 Å². The highest BCUT2D eigenvalue weighted by Crippen LogP contribution is 2.48. The van der Waals surface area contributed by atoms with Crippen molar-refractivity contribution >= 4 is 21.9 Å². The van der Waals surface area contributed by atoms with Crippen LogP contribution >= 0.6 is 0 Å². The van der Waals surface area contributed by atoms with Gasteiger partial charge in [-0.1, -0.05) is 12.2 Å². The van der Waals surface area contributed by atoms with E-state index in [-0.39, 0.29) is 24.3 Å². The molecule has 0 aromatic carbocycles. The van der Waals surface area contributed by atoms with Gasteiger partial charge < -0.3 is 10.4 Å². The molecule has 0 aliphatic heterocycles. The summed E-state index contributed by atoms with van der Waals surface area (Å²) in [6, 6.07) is 0. The maximum Gasteiger partial charge on any atom is 0.307 e. The van der Waals surface area contributed by atoms with Gasteiger partial charge in [0.25, 0.3) is 0 Å². The number of rotatable bonds is 7. The van der Waals surface area contributed by atoms with Crippen LogP contribution < -0.4 is 10.0 Å². The highest BCUT2D eigenvalue weighted by molar-refractivity contribution is 7.88. The van der Waals surface area contributed by atoms with Crippen molar-refractivity contribution in [2.24, 2.45) is 23.7 Å². The van der Waals surface area contributed by atoms with Gasteiger partial charge in [-0.15, -0.1) is 0 Å². The van der Waals surface area contributed by atoms with Gasteiger partial charge in [0.05, 0.1) is 18.1 Å². The minimum absolute atomic E-state index is 0.00486. The largest absolute Gasteiger partial charge is 0.481 e. The lowest BCUT2D eigenvalue weighted by Crippen LogP contribution is -2.41. The molecule has 1 saturated carbocycles. The quantitative estimate of drug-likeness (QED) is 0.435. The van der Waals surface area contributed by atoms with Crippen LogP contribution in [0.2, 0.25) is 0 Å². The Labute approximate surface area is 123 Å². The molecule has 3 N–H and O–H groups in total. The van der Waals surface area contributed by atoms with Crippen molar-refractivity contribution in [3.8, 4) is 0 Å². The zero-order valence-electron chi connectivity index (χ0n) is 11.8. The van der Waals surface area contributed by atoms with E-state index in [4.69, 9.17) is 0 Å². The second-order valence-corrected chi connectivity index (χ2v) is 7.48. The molecule has 0 saturated heterocycles. The van der Waals surface area contributed by atoms with E-state index >= 15 is 0 Å². The molecule has 2 rings (SSSR count). The molecule has 0 spiro atoms. The fourth-order valence-corrected chi connectivity index (χ4v) is 3.71. The molecule has 4 atom stereocenters. The van der Waals surface area contributed by atoms with Crippen molar-refractivity contribution in [2.45, 2.75) is 12.8 Å². The topological polar surface area (TPSA) is 113 Å². The third-order valence-corrected chi connectivity index (χ3v) is 4.79. The lowest BCUT2D eigenvalue weighted by molar-refractivity contribution is -0.147. The maximum atomic E-state index is 12.2. The van der Waals surface area contributed by atoms with Crippen LogP contribution in [0.5, 0.6) is 0 Å². The number of carbonyl (C=O) groups is 2. The predicted molar refractivity (Wildman–Crippen MR) is 75.8 cm³/mol. The van der Waals surface area contributed by atoms with Crippen LogP contribution in [0.15, 0.2) is 12.2 Å². The fraction of sp³-hybridized carbons (Fsp3) is 0.692. The molecular formula is C13H20N2O5S. The summed E-state index contributed by atoms with van der Waals surface area (Å²) in [6.07, 6.45) is 6.09. The van der Waals surface area contributed by atoms with Gasteiger partial charge in [0.1, 0.15) is 0 Å². The number of carboxylic acids is 1. The first-order valence-corrected chi connectivity index (χ1v) is 8.82. The Morgan fingerprint density at radius 2 is 1.81 bits per heavy atom. The Bertz CT molecular complexity index is 557. The van der Waals surface area contributed by atoms with E-state index in [1.165, 1.54) is 0 Å². The number of hydrogen-bond acceptors (Lipinski definition) is 4. The molecule has 0 aromatic heterocycles. The van der Waals surface area contributed by atoms with Crippen LogP contribution in [0.3, 0.4) is 0 Å². The lowest BCUT2D eigenvalue weighted by Gasteiger charge is -2.23. The van der Waals surface area contributed by atoms with Crippen LogP contribution in [0, 0.1) is 23.7 Å². The van der Waals surface area contributed by atoms with Gasteiger partial charge in [0.15, 0.2) is 0 Å². The van der Waals surface area contributed by atoms with Crippen LogP contribution in [-0.2, 0) is 19.6 Å². The summed E-state index contributed by atoms with van der Waals surface area (Å²) in [5.74, 6) is -2.38. The van der Waals surface area contributed by atoms with E-state index in [1.807, 2.05) is 12.2 Å². The molecule has 21 heavy (non-hydrogen) atoms. The number of carbonyl (C=O) groups excluding carboxylic acids is 1. The molecule has 118 valence electrons. The number of fused-ring (bicyclic) bond motifs is 2. The van der Waals surface area contributed by atoms with E-state index in [0.29, 0.717) is 13.0 Å². The molecule has 8 heteroatoms. The number of aliphatic carboxylic acids is 1. The minimum Gasteiger partial charge on any atom is -0.481 e. The number of amides is 1. The van der Waals surface area contributed by atoms with Crippen LogP contribution in [0.1, 0.15) is 12.8 Å². The van der Waals surface area contributed by atoms with Crippen molar-refractivity contribution in [2.75, 3.05) is 19.3 Å². The summed E-state index contributed by atoms with van der Waals surface area (Å²) in [5, 5.41) is 12.0. The zero-order chi connectivity index (χ0) is 15.6. The molecule has 2 aliphatic carbocycles. The monoisotopic (exact) mass is 316 g/mol. The Morgan fingerprint density at radius 1 is 1.19 bits per heavy atom. The highest BCUT2D eigenvalue weighted by atomic mass is 32.2. The van der Waals surface area contributed by atoms with E-state index in [9.17, 15) is 23.1 Å². The van der Waals surface area contributed by atoms with Gasteiger partial charge in [-0.25, -0.2) is 13.1 Å². The fourth-order valence-electron chi connectivity index (χ4n) is 3.19. The SMILES string of the molecule is CS(=O)(=O)NCCCNC(=O)C1C2C=CC(C2)C1C(=O)O. The third-order valence-electron chi connectivity index (χ3n) is 4.06. The van der Waals surface area contributed by atoms with Gasteiger partial charge in [0.2, 0.25) is 15.9 Å². The predicted octanol–water partition coefficient (Wildman–Crippen LogP) is -0.435. The summed E-state index contributed by atoms with van der Waals surface area (Å²) in [7, 11) is -3.22. The lowest BCUT2D eigenvalue weighted by atomic mass is 9.82. The Hall–Kier alpha value is -1.41. The molecule has 2 aliphatic rings. The van der Waals surface area contributed by atoms with Crippen LogP contribution in [0.4, 0.5) is 0 Å². The highest BCUT2D eigenvalue weighted by Gasteiger charge is 2.51. The van der Waals surface area contributed by atoms with Gasteiger partial charge in [-0.05, 0) is 24.7 Å². The second-order valence-electron chi connectivity index (χ2n) is 5.65. The Kier molecular flexibility index (Phi) is 4.67. The molecule has 1 amide bonds. The van der Waals surface area contributed by atoms with E-state index in [1.54, 1.807) is 0 Å². The first kappa shape index (κ1) is 16.0. The molecular weight excluding hydrogens is 296 g/mol. The molecule has 0 heterocycles. The van der Waals surface area contributed by atoms with Gasteiger partial charge in [0, 0.05) is 13.1 Å². The molecule has 1 fully saturated rings. The van der Waals surface area contributed by atoms with Crippen molar-refractivity contribution in [1.29, 1.82) is 0 Å². The average Bonchev–Trinajstić information content (AvgIpc) is 2.96. The molecule has 7 nitrogen and oxygen atoms in total. The number of carboxylic acid groups (broad SMARTS) is 1. The number of nitrogens with one attached hydrogen (secondary N) is 2. The summed E-state index contributed by atoms with van der Waals surface area (Å²) in [4.78, 5) is 23.5. The molecule has 0 radical (unpaired) electrons. The summed E-state index contributed by atoms with van der Waals surface area (Å²) in [5.41, 5.74) is 0. The second kappa shape index (κ2) is 6.15. The average molecular weight is 316 g/mol. The van der Waals surface area contributed by atoms with Crippen molar-refractivity contribution in [3.05, 3.63) is 12.2 Å². The van der Waals surface area contributed by atoms with E-state index < -0.39 is 27.8 Å². The maximum absolute atomic E-state index is 12.2. The smallest absolute Gasteiger partial charge is 0.307 e. The van der Waals surface area contributed by atoms with Gasteiger partial charge in [-0.2, -0.15) is 0 Å². The zero-order valence-corrected chi connectivity index (χ0v) is 12.6. The number of hydrogen-bond donors (Lipinski definition) is 3. The number of allylic oxidation sites excluding steroid dienone is 2. The Morgan fingerprint density at radius 3 is 2.38 bits per heavy atom. The first-order valence-electron chi connectivity index (χ1n) is 6.93. The number of sulfonamides is 1. The third kappa shape index (κ3) is 3.82. The first-order chi connectivity index (χ1) is 9.79. The normalized spacial score (nSPS) is 30.5. The van der Waals surface area contributed by atoms with Gasteiger partial charge in [-0.3, -0.25) is 9.59 Å². The van der Waals surface area contributed by atoms with E-state index in [2.05, 4.69) is 10.0 Å². The van der Waals surface area contributed by atoms with Gasteiger partial charge >= 0.3 is 5.97 Å². The summed E-state index contributed by atoms with van der Waals surface area (Å²) < 4.78 is 24.1. The molecule has 2 bridgehead atoms. The summed E-state index contributed by atoms with van der Waals surface area (Å²) >= 11 is 0. The van der Waals surface area contributed by atoms with Crippen molar-refractivity contribution in [3.63, 3.8) is 0 Å². The summed E-state index contributed by atoms with van der Waals surface area (Å²) in [6.45, 7) is 0.573. The molecule has 4 unspecified atom stereocenters. The van der Waals surface area contributed by atoms with Crippen molar-refractivity contribution in [1.82, 2.24) is 10.0 Å². The van der Waals surface area contributed by atoms with Crippen LogP contribution in [-0.4, -0.2) is 44.7 Å².